The van der Waals surface area contributed by atoms with Gasteiger partial charge in [-0.3, -0.25) is 4.79 Å². The quantitative estimate of drug-likeness (QED) is 0.809. The number of carbonyl (C=O) groups excluding carboxylic acids is 1. The molecule has 0 aliphatic carbocycles. The third-order valence-corrected chi connectivity index (χ3v) is 4.80. The van der Waals surface area contributed by atoms with E-state index in [0.29, 0.717) is 25.1 Å². The Morgan fingerprint density at radius 3 is 2.58 bits per heavy atom. The van der Waals surface area contributed by atoms with Crippen LogP contribution in [0.25, 0.3) is 0 Å². The molecule has 0 unspecified atom stereocenters. The molecule has 0 bridgehead atoms. The van der Waals surface area contributed by atoms with Crippen LogP contribution in [-0.2, 0) is 11.2 Å². The smallest absolute Gasteiger partial charge is 0.236 e. The summed E-state index contributed by atoms with van der Waals surface area (Å²) in [7, 11) is 0. The molecule has 2 aromatic rings. The summed E-state index contributed by atoms with van der Waals surface area (Å²) in [4.78, 5) is 16.6. The summed E-state index contributed by atoms with van der Waals surface area (Å²) in [5.41, 5.74) is 3.15. The Labute approximate surface area is 154 Å². The van der Waals surface area contributed by atoms with Crippen molar-refractivity contribution in [1.29, 1.82) is 0 Å². The van der Waals surface area contributed by atoms with Gasteiger partial charge in [0.05, 0.1) is 6.54 Å². The van der Waals surface area contributed by atoms with Crippen molar-refractivity contribution in [2.45, 2.75) is 13.3 Å². The summed E-state index contributed by atoms with van der Waals surface area (Å²) in [5, 5.41) is 3.14. The number of aryl methyl sites for hydroxylation is 1. The Balaban J connectivity index is 1.39. The minimum absolute atomic E-state index is 0.113. The third kappa shape index (κ3) is 4.82. The fourth-order valence-corrected chi connectivity index (χ4v) is 3.27. The molecule has 0 saturated carbocycles. The number of nitrogens with zero attached hydrogens (tertiary/aromatic N) is 2. The van der Waals surface area contributed by atoms with E-state index in [2.05, 4.69) is 41.4 Å². The van der Waals surface area contributed by atoms with Crippen molar-refractivity contribution in [3.63, 3.8) is 0 Å². The highest BCUT2D eigenvalue weighted by Gasteiger charge is 2.20. The van der Waals surface area contributed by atoms with Crippen molar-refractivity contribution in [2.24, 2.45) is 0 Å². The van der Waals surface area contributed by atoms with Gasteiger partial charge in [0.15, 0.2) is 0 Å². The van der Waals surface area contributed by atoms with Crippen LogP contribution < -0.4 is 10.2 Å². The van der Waals surface area contributed by atoms with E-state index in [1.165, 1.54) is 17.3 Å². The number of rotatable bonds is 6. The molecule has 1 fully saturated rings. The fourth-order valence-electron chi connectivity index (χ4n) is 3.27. The summed E-state index contributed by atoms with van der Waals surface area (Å²) in [6.07, 6.45) is 0.584. The van der Waals surface area contributed by atoms with E-state index in [4.69, 9.17) is 0 Å². The first kappa shape index (κ1) is 18.4. The molecule has 2 aromatic carbocycles. The monoisotopic (exact) mass is 355 g/mol. The van der Waals surface area contributed by atoms with Gasteiger partial charge in [-0.2, -0.15) is 0 Å². The van der Waals surface area contributed by atoms with E-state index >= 15 is 0 Å². The van der Waals surface area contributed by atoms with Crippen molar-refractivity contribution in [3.8, 4) is 0 Å². The average Bonchev–Trinajstić information content (AvgIpc) is 2.66. The second kappa shape index (κ2) is 8.81. The van der Waals surface area contributed by atoms with E-state index < -0.39 is 0 Å². The van der Waals surface area contributed by atoms with Gasteiger partial charge in [-0.25, -0.2) is 4.39 Å². The predicted octanol–water partition coefficient (Wildman–Crippen LogP) is 2.62. The van der Waals surface area contributed by atoms with Gasteiger partial charge < -0.3 is 15.1 Å². The number of piperazine rings is 1. The van der Waals surface area contributed by atoms with Crippen molar-refractivity contribution in [3.05, 3.63) is 65.5 Å². The zero-order chi connectivity index (χ0) is 18.4. The zero-order valence-corrected chi connectivity index (χ0v) is 15.2. The summed E-state index contributed by atoms with van der Waals surface area (Å²) in [6, 6.07) is 15.2. The molecular formula is C21H26FN3O. The second-order valence-electron chi connectivity index (χ2n) is 6.73. The molecular weight excluding hydrogens is 329 g/mol. The van der Waals surface area contributed by atoms with Gasteiger partial charge in [0.25, 0.3) is 0 Å². The average molecular weight is 355 g/mol. The number of amides is 1. The molecule has 138 valence electrons. The van der Waals surface area contributed by atoms with Crippen molar-refractivity contribution < 1.29 is 9.18 Å². The summed E-state index contributed by atoms with van der Waals surface area (Å²) < 4.78 is 13.6. The van der Waals surface area contributed by atoms with Crippen LogP contribution in [0.5, 0.6) is 0 Å². The summed E-state index contributed by atoms with van der Waals surface area (Å²) in [6.45, 7) is 6.17. The van der Waals surface area contributed by atoms with Crippen LogP contribution in [0.4, 0.5) is 10.1 Å². The number of nitrogens with one attached hydrogen (secondary N) is 1. The molecule has 1 heterocycles. The highest BCUT2D eigenvalue weighted by molar-refractivity contribution is 5.78. The summed E-state index contributed by atoms with van der Waals surface area (Å²) >= 11 is 0. The number of hydrogen-bond donors (Lipinski definition) is 1. The number of carbonyl (C=O) groups is 1. The standard InChI is InChI=1S/C21H26FN3O/c1-17-5-4-7-19(15-17)24-11-13-25(14-12-24)21(26)16-23-10-9-18-6-2-3-8-20(18)22/h2-8,15,23H,9-14,16H2,1H3. The van der Waals surface area contributed by atoms with Crippen molar-refractivity contribution >= 4 is 11.6 Å². The fraction of sp³-hybridized carbons (Fsp3) is 0.381. The first-order chi connectivity index (χ1) is 12.6. The minimum atomic E-state index is -0.187. The van der Waals surface area contributed by atoms with Gasteiger partial charge >= 0.3 is 0 Å². The Morgan fingerprint density at radius 1 is 1.08 bits per heavy atom. The van der Waals surface area contributed by atoms with Crippen LogP contribution in [0.1, 0.15) is 11.1 Å². The lowest BCUT2D eigenvalue weighted by atomic mass is 10.1. The number of hydrogen-bond acceptors (Lipinski definition) is 3. The largest absolute Gasteiger partial charge is 0.368 e. The van der Waals surface area contributed by atoms with Gasteiger partial charge in [0.1, 0.15) is 5.82 Å². The Morgan fingerprint density at radius 2 is 1.85 bits per heavy atom. The molecule has 1 amide bonds. The van der Waals surface area contributed by atoms with Crippen LogP contribution in [0.15, 0.2) is 48.5 Å². The highest BCUT2D eigenvalue weighted by Crippen LogP contribution is 2.17. The van der Waals surface area contributed by atoms with Crippen molar-refractivity contribution in [2.75, 3.05) is 44.2 Å². The van der Waals surface area contributed by atoms with Crippen LogP contribution in [-0.4, -0.2) is 50.1 Å². The SMILES string of the molecule is Cc1cccc(N2CCN(C(=O)CNCCc3ccccc3F)CC2)c1. The molecule has 3 rings (SSSR count). The molecule has 1 saturated heterocycles. The van der Waals surface area contributed by atoms with Crippen LogP contribution in [0.2, 0.25) is 0 Å². The van der Waals surface area contributed by atoms with E-state index in [1.54, 1.807) is 12.1 Å². The van der Waals surface area contributed by atoms with E-state index in [9.17, 15) is 9.18 Å². The van der Waals surface area contributed by atoms with Gasteiger partial charge in [-0.05, 0) is 49.2 Å². The van der Waals surface area contributed by atoms with Gasteiger partial charge in [0.2, 0.25) is 5.91 Å². The second-order valence-corrected chi connectivity index (χ2v) is 6.73. The highest BCUT2D eigenvalue weighted by atomic mass is 19.1. The minimum Gasteiger partial charge on any atom is -0.368 e. The van der Waals surface area contributed by atoms with Crippen LogP contribution >= 0.6 is 0 Å². The molecule has 26 heavy (non-hydrogen) atoms. The van der Waals surface area contributed by atoms with Crippen molar-refractivity contribution in [1.82, 2.24) is 10.2 Å². The number of halogens is 1. The molecule has 0 spiro atoms. The first-order valence-corrected chi connectivity index (χ1v) is 9.17. The topological polar surface area (TPSA) is 35.6 Å². The predicted molar refractivity (Wildman–Crippen MR) is 103 cm³/mol. The third-order valence-electron chi connectivity index (χ3n) is 4.80. The molecule has 1 N–H and O–H groups in total. The van der Waals surface area contributed by atoms with Crippen LogP contribution in [0.3, 0.4) is 0 Å². The maximum absolute atomic E-state index is 13.6. The van der Waals surface area contributed by atoms with Gasteiger partial charge in [-0.15, -0.1) is 0 Å². The van der Waals surface area contributed by atoms with Gasteiger partial charge in [0, 0.05) is 31.9 Å². The van der Waals surface area contributed by atoms with Crippen LogP contribution in [0, 0.1) is 12.7 Å². The normalized spacial score (nSPS) is 14.5. The van der Waals surface area contributed by atoms with Gasteiger partial charge in [-0.1, -0.05) is 30.3 Å². The Bertz CT molecular complexity index is 742. The lowest BCUT2D eigenvalue weighted by molar-refractivity contribution is -0.130. The van der Waals surface area contributed by atoms with E-state index in [-0.39, 0.29) is 11.7 Å². The molecule has 0 aromatic heterocycles. The molecule has 4 nitrogen and oxygen atoms in total. The molecule has 0 radical (unpaired) electrons. The Kier molecular flexibility index (Phi) is 6.23. The number of benzene rings is 2. The summed E-state index contributed by atoms with van der Waals surface area (Å²) in [5.74, 6) is -0.0738. The lowest BCUT2D eigenvalue weighted by Crippen LogP contribution is -2.51. The molecule has 1 aliphatic rings. The first-order valence-electron chi connectivity index (χ1n) is 9.17. The molecule has 5 heteroatoms. The zero-order valence-electron chi connectivity index (χ0n) is 15.2. The maximum Gasteiger partial charge on any atom is 0.236 e. The maximum atomic E-state index is 13.6. The Hall–Kier alpha value is -2.40. The number of anilines is 1. The van der Waals surface area contributed by atoms with E-state index in [1.807, 2.05) is 11.0 Å². The molecule has 0 atom stereocenters. The lowest BCUT2D eigenvalue weighted by Gasteiger charge is -2.36. The molecule has 1 aliphatic heterocycles. The van der Waals surface area contributed by atoms with E-state index in [0.717, 1.165) is 26.2 Å².